The molecule has 0 aliphatic rings. The van der Waals surface area contributed by atoms with Gasteiger partial charge in [0.05, 0.1) is 0 Å². The average Bonchev–Trinajstić information content (AvgIpc) is 1.86. The van der Waals surface area contributed by atoms with Crippen molar-refractivity contribution in [2.45, 2.75) is 5.16 Å². The van der Waals surface area contributed by atoms with Gasteiger partial charge in [0.1, 0.15) is 6.33 Å². The van der Waals surface area contributed by atoms with Crippen LogP contribution in [0.15, 0.2) is 11.5 Å². The second kappa shape index (κ2) is 4.05. The van der Waals surface area contributed by atoms with Gasteiger partial charge >= 0.3 is 51.4 Å². The molecule has 1 heterocycles. The summed E-state index contributed by atoms with van der Waals surface area (Å²) in [5.41, 5.74) is 0. The van der Waals surface area contributed by atoms with Crippen molar-refractivity contribution in [2.24, 2.45) is 0 Å². The molecule has 1 aromatic heterocycles. The minimum absolute atomic E-state index is 0. The zero-order valence-corrected chi connectivity index (χ0v) is 3.81. The second-order valence-electron chi connectivity index (χ2n) is 0.799. The Balaban J connectivity index is 0.000000360. The molecule has 0 spiro atoms. The maximum absolute atomic E-state index is 3.78. The van der Waals surface area contributed by atoms with Gasteiger partial charge in [0, 0.05) is 0 Å². The molecule has 34 valence electrons. The van der Waals surface area contributed by atoms with E-state index in [1.54, 1.807) is 0 Å². The molecule has 1 rings (SSSR count). The topological polar surface area (TPSA) is 41.6 Å². The third-order valence-corrected chi connectivity index (χ3v) is 0.618. The van der Waals surface area contributed by atoms with Crippen LogP contribution in [0.5, 0.6) is 0 Å². The normalized spacial score (nSPS) is 7.57. The second-order valence-corrected chi connectivity index (χ2v) is 1.20. The fraction of sp³-hybridized carbons (Fsp3) is 0. The van der Waals surface area contributed by atoms with E-state index in [1.807, 2.05) is 0 Å². The zero-order valence-electron chi connectivity index (χ0n) is 2.92. The van der Waals surface area contributed by atoms with Crippen LogP contribution in [0.4, 0.5) is 0 Å². The van der Waals surface area contributed by atoms with E-state index < -0.39 is 0 Å². The first-order chi connectivity index (χ1) is 2.89. The molecule has 0 fully saturated rings. The molecule has 0 aliphatic heterocycles. The van der Waals surface area contributed by atoms with E-state index >= 15 is 0 Å². The van der Waals surface area contributed by atoms with Gasteiger partial charge in [0.2, 0.25) is 5.16 Å². The van der Waals surface area contributed by atoms with Gasteiger partial charge in [-0.1, -0.05) is 0 Å². The van der Waals surface area contributed by atoms with Crippen LogP contribution in [0.25, 0.3) is 0 Å². The van der Waals surface area contributed by atoms with E-state index in [0.717, 1.165) is 0 Å². The van der Waals surface area contributed by atoms with E-state index in [0.29, 0.717) is 5.16 Å². The maximum atomic E-state index is 3.78. The summed E-state index contributed by atoms with van der Waals surface area (Å²) >= 11 is 3.78. The van der Waals surface area contributed by atoms with E-state index in [2.05, 4.69) is 27.8 Å². The van der Waals surface area contributed by atoms with Gasteiger partial charge in [-0.25, -0.2) is 4.98 Å². The molecular weight excluding hydrogens is 137 g/mol. The van der Waals surface area contributed by atoms with Crippen molar-refractivity contribution in [3.63, 3.8) is 0 Å². The fourth-order valence-electron chi connectivity index (χ4n) is 0.202. The molecule has 0 aromatic carbocycles. The first kappa shape index (κ1) is 8.13. The number of hydrogen-bond donors (Lipinski definition) is 2. The van der Waals surface area contributed by atoms with Crippen molar-refractivity contribution in [3.8, 4) is 0 Å². The minimum atomic E-state index is 0. The third kappa shape index (κ3) is 2.84. The van der Waals surface area contributed by atoms with E-state index in [4.69, 9.17) is 0 Å². The summed E-state index contributed by atoms with van der Waals surface area (Å²) in [6.45, 7) is 0. The molecule has 3 nitrogen and oxygen atoms in total. The summed E-state index contributed by atoms with van der Waals surface area (Å²) < 4.78 is 0. The van der Waals surface area contributed by atoms with Crippen molar-refractivity contribution in [2.75, 3.05) is 0 Å². The van der Waals surface area contributed by atoms with Crippen molar-refractivity contribution in [1.29, 1.82) is 0 Å². The van der Waals surface area contributed by atoms with E-state index in [1.165, 1.54) is 6.33 Å². The molecule has 0 saturated carbocycles. The van der Waals surface area contributed by atoms with Gasteiger partial charge in [-0.3, -0.25) is 5.10 Å². The zero-order chi connectivity index (χ0) is 4.41. The molecule has 0 unspecified atom stereocenters. The Labute approximate surface area is 89.1 Å². The summed E-state index contributed by atoms with van der Waals surface area (Å²) in [6.07, 6.45) is 1.47. The molecule has 0 bridgehead atoms. The Bertz CT molecular complexity index is 116. The number of nitrogens with one attached hydrogen (secondary N) is 1. The number of aromatic nitrogens is 3. The van der Waals surface area contributed by atoms with Crippen molar-refractivity contribution in [3.05, 3.63) is 6.33 Å². The number of rotatable bonds is 0. The summed E-state index contributed by atoms with van der Waals surface area (Å²) in [6, 6.07) is 0. The standard InChI is InChI=1S/C2H3N3S.K.H/c6-2-3-1-4-5-2;;/h1H,(H2,3,4,5,6);;. The average molecular weight is 141 g/mol. The number of aromatic amines is 1. The van der Waals surface area contributed by atoms with Gasteiger partial charge in [-0.15, -0.1) is 17.7 Å². The van der Waals surface area contributed by atoms with Crippen LogP contribution in [-0.4, -0.2) is 66.6 Å². The van der Waals surface area contributed by atoms with Crippen LogP contribution in [0.3, 0.4) is 0 Å². The Morgan fingerprint density at radius 2 is 2.43 bits per heavy atom. The first-order valence-electron chi connectivity index (χ1n) is 1.44. The quantitative estimate of drug-likeness (QED) is 0.376. The van der Waals surface area contributed by atoms with Gasteiger partial charge in [-0.05, 0) is 0 Å². The van der Waals surface area contributed by atoms with Crippen LogP contribution in [-0.2, 0) is 0 Å². The molecule has 0 atom stereocenters. The summed E-state index contributed by atoms with van der Waals surface area (Å²) in [5.74, 6) is 0. The molecule has 0 aliphatic carbocycles. The van der Waals surface area contributed by atoms with Gasteiger partial charge < -0.3 is 0 Å². The van der Waals surface area contributed by atoms with Gasteiger partial charge in [-0.2, -0.15) is 0 Å². The molecule has 5 heteroatoms. The number of nitrogens with zero attached hydrogens (tertiary/aromatic N) is 2. The van der Waals surface area contributed by atoms with E-state index in [-0.39, 0.29) is 51.4 Å². The molecule has 1 aromatic rings. The van der Waals surface area contributed by atoms with Crippen LogP contribution in [0.2, 0.25) is 0 Å². The van der Waals surface area contributed by atoms with Gasteiger partial charge in [0.15, 0.2) is 0 Å². The van der Waals surface area contributed by atoms with Crippen LogP contribution < -0.4 is 0 Å². The van der Waals surface area contributed by atoms with E-state index in [9.17, 15) is 0 Å². The Hall–Kier alpha value is 1.13. The molecule has 1 N–H and O–H groups in total. The molecule has 7 heavy (non-hydrogen) atoms. The summed E-state index contributed by atoms with van der Waals surface area (Å²) in [4.78, 5) is 3.61. The molecule has 0 amide bonds. The van der Waals surface area contributed by atoms with Gasteiger partial charge in [0.25, 0.3) is 0 Å². The van der Waals surface area contributed by atoms with Crippen LogP contribution in [0, 0.1) is 0 Å². The van der Waals surface area contributed by atoms with Crippen molar-refractivity contribution < 1.29 is 0 Å². The number of thiol groups is 1. The fourth-order valence-corrected chi connectivity index (χ4v) is 0.318. The molecular formula is C2H4KN3S. The summed E-state index contributed by atoms with van der Waals surface area (Å²) in [7, 11) is 0. The SMILES string of the molecule is Sc1nc[nH]n1.[KH]. The van der Waals surface area contributed by atoms with Crippen LogP contribution in [0.1, 0.15) is 0 Å². The Morgan fingerprint density at radius 1 is 1.71 bits per heavy atom. The predicted octanol–water partition coefficient (Wildman–Crippen LogP) is -0.555. The number of hydrogen-bond acceptors (Lipinski definition) is 3. The predicted molar refractivity (Wildman–Crippen MR) is 30.8 cm³/mol. The monoisotopic (exact) mass is 141 g/mol. The summed E-state index contributed by atoms with van der Waals surface area (Å²) in [5, 5.41) is 6.52. The first-order valence-corrected chi connectivity index (χ1v) is 1.89. The van der Waals surface area contributed by atoms with Crippen molar-refractivity contribution >= 4 is 64.0 Å². The third-order valence-electron chi connectivity index (χ3n) is 0.402. The Morgan fingerprint density at radius 3 is 2.57 bits per heavy atom. The number of H-pyrrole nitrogens is 1. The van der Waals surface area contributed by atoms with Crippen molar-refractivity contribution in [1.82, 2.24) is 15.2 Å². The van der Waals surface area contributed by atoms with Crippen LogP contribution >= 0.6 is 12.6 Å². The Kier molecular flexibility index (Phi) is 4.70. The molecule has 0 saturated heterocycles. The molecule has 0 radical (unpaired) electrons.